The van der Waals surface area contributed by atoms with Crippen molar-refractivity contribution in [1.29, 1.82) is 0 Å². The molecule has 0 unspecified atom stereocenters. The highest BCUT2D eigenvalue weighted by Gasteiger charge is 2.28. The maximum absolute atomic E-state index is 12.5. The first kappa shape index (κ1) is 22.0. The molecule has 5 nitrogen and oxygen atoms in total. The smallest absolute Gasteiger partial charge is 0.258 e. The van der Waals surface area contributed by atoms with Crippen LogP contribution >= 0.6 is 0 Å². The molecule has 1 aliphatic carbocycles. The van der Waals surface area contributed by atoms with Crippen LogP contribution in [0.15, 0.2) is 48.2 Å². The summed E-state index contributed by atoms with van der Waals surface area (Å²) < 4.78 is 0. The Balaban J connectivity index is 1.18. The molecule has 2 aliphatic heterocycles. The maximum atomic E-state index is 12.5. The highest BCUT2D eigenvalue weighted by molar-refractivity contribution is 6.32. The van der Waals surface area contributed by atoms with Gasteiger partial charge in [-0.1, -0.05) is 44.2 Å². The second-order valence-electron chi connectivity index (χ2n) is 10.1. The van der Waals surface area contributed by atoms with Gasteiger partial charge in [0.05, 0.1) is 5.57 Å². The number of hydrogen-bond donors (Lipinski definition) is 3. The summed E-state index contributed by atoms with van der Waals surface area (Å²) in [6.45, 7) is 5.42. The Bertz CT molecular complexity index is 1030. The monoisotopic (exact) mass is 444 g/mol. The molecular formula is C28H36N4O. The number of nitrogens with one attached hydrogen (secondary N) is 2. The molecular weight excluding hydrogens is 408 g/mol. The summed E-state index contributed by atoms with van der Waals surface area (Å²) in [7, 11) is 0. The number of hydrogen-bond acceptors (Lipinski definition) is 4. The molecule has 2 fully saturated rings. The number of amides is 1. The molecule has 0 bridgehead atoms. The van der Waals surface area contributed by atoms with Crippen molar-refractivity contribution in [3.63, 3.8) is 0 Å². The van der Waals surface area contributed by atoms with Crippen molar-refractivity contribution in [2.24, 2.45) is 11.8 Å². The first-order valence-corrected chi connectivity index (χ1v) is 12.6. The van der Waals surface area contributed by atoms with E-state index in [4.69, 9.17) is 5.73 Å². The van der Waals surface area contributed by atoms with Gasteiger partial charge in [0.25, 0.3) is 5.91 Å². The molecule has 5 heteroatoms. The van der Waals surface area contributed by atoms with Crippen molar-refractivity contribution >= 4 is 28.5 Å². The average molecular weight is 445 g/mol. The molecule has 3 aliphatic rings. The van der Waals surface area contributed by atoms with Crippen molar-refractivity contribution in [3.05, 3.63) is 59.3 Å². The number of carbonyl (C=O) groups is 1. The third-order valence-electron chi connectivity index (χ3n) is 7.80. The predicted octanol–water partition coefficient (Wildman–Crippen LogP) is 5.86. The summed E-state index contributed by atoms with van der Waals surface area (Å²) in [4.78, 5) is 15.1. The van der Waals surface area contributed by atoms with E-state index in [0.717, 1.165) is 41.0 Å². The van der Waals surface area contributed by atoms with E-state index in [2.05, 4.69) is 39.8 Å². The fourth-order valence-electron chi connectivity index (χ4n) is 5.98. The number of nitrogens with two attached hydrogens (primary N) is 1. The normalized spacial score (nSPS) is 21.5. The van der Waals surface area contributed by atoms with Gasteiger partial charge in [-0.05, 0) is 80.6 Å². The standard InChI is InChI=1S/C28H36N4O/c1-19(27-25-17-23(29)9-12-26(25)31-28(27)33)30-24-10-7-20(8-11-24)18-32-15-13-22(14-16-32)21-5-3-2-4-6-21/h7-12,17,21-22,30H,2-6,13-16,18,29H2,1H3,(H,31,33)/b27-19-. The van der Waals surface area contributed by atoms with E-state index < -0.39 is 0 Å². The summed E-state index contributed by atoms with van der Waals surface area (Å²) >= 11 is 0. The van der Waals surface area contributed by atoms with Crippen LogP contribution in [0, 0.1) is 11.8 Å². The molecule has 1 amide bonds. The maximum Gasteiger partial charge on any atom is 0.258 e. The van der Waals surface area contributed by atoms with E-state index in [-0.39, 0.29) is 5.91 Å². The Morgan fingerprint density at radius 2 is 1.70 bits per heavy atom. The SMILES string of the molecule is C/C(Nc1ccc(CN2CCC(C3CCCCC3)CC2)cc1)=C1/C(=O)Nc2ccc(N)cc21. The lowest BCUT2D eigenvalue weighted by Crippen LogP contribution is -2.36. The van der Waals surface area contributed by atoms with Gasteiger partial charge in [-0.25, -0.2) is 0 Å². The van der Waals surface area contributed by atoms with Gasteiger partial charge >= 0.3 is 0 Å². The topological polar surface area (TPSA) is 70.4 Å². The molecule has 0 atom stereocenters. The zero-order valence-corrected chi connectivity index (χ0v) is 19.7. The van der Waals surface area contributed by atoms with Crippen molar-refractivity contribution in [2.45, 2.75) is 58.4 Å². The van der Waals surface area contributed by atoms with E-state index in [9.17, 15) is 4.79 Å². The number of allylic oxidation sites excluding steroid dienone is 1. The van der Waals surface area contributed by atoms with Crippen LogP contribution in [0.2, 0.25) is 0 Å². The van der Waals surface area contributed by atoms with Gasteiger partial charge in [0.15, 0.2) is 0 Å². The number of nitrogens with zero attached hydrogens (tertiary/aromatic N) is 1. The highest BCUT2D eigenvalue weighted by atomic mass is 16.2. The van der Waals surface area contributed by atoms with Crippen LogP contribution in [0.1, 0.15) is 63.0 Å². The molecule has 1 saturated heterocycles. The largest absolute Gasteiger partial charge is 0.399 e. The van der Waals surface area contributed by atoms with E-state index in [1.54, 1.807) is 0 Å². The Kier molecular flexibility index (Phi) is 6.41. The van der Waals surface area contributed by atoms with E-state index >= 15 is 0 Å². The van der Waals surface area contributed by atoms with Crippen LogP contribution < -0.4 is 16.4 Å². The molecule has 0 radical (unpaired) electrons. The first-order chi connectivity index (χ1) is 16.1. The number of benzene rings is 2. The minimum Gasteiger partial charge on any atom is -0.399 e. The lowest BCUT2D eigenvalue weighted by atomic mass is 9.76. The fraction of sp³-hybridized carbons (Fsp3) is 0.464. The lowest BCUT2D eigenvalue weighted by Gasteiger charge is -2.37. The molecule has 5 rings (SSSR count). The second kappa shape index (κ2) is 9.60. The zero-order valence-electron chi connectivity index (χ0n) is 19.7. The van der Waals surface area contributed by atoms with Crippen molar-refractivity contribution in [3.8, 4) is 0 Å². The van der Waals surface area contributed by atoms with Crippen LogP contribution in [0.5, 0.6) is 0 Å². The molecule has 0 aromatic heterocycles. The third kappa shape index (κ3) is 4.93. The van der Waals surface area contributed by atoms with Gasteiger partial charge in [0, 0.05) is 34.9 Å². The zero-order chi connectivity index (χ0) is 22.8. The molecule has 2 heterocycles. The molecule has 2 aromatic rings. The number of fused-ring (bicyclic) bond motifs is 1. The minimum absolute atomic E-state index is 0.0890. The fourth-order valence-corrected chi connectivity index (χ4v) is 5.98. The van der Waals surface area contributed by atoms with Crippen molar-refractivity contribution < 1.29 is 4.79 Å². The Morgan fingerprint density at radius 1 is 1.00 bits per heavy atom. The second-order valence-corrected chi connectivity index (χ2v) is 10.1. The Hall–Kier alpha value is -2.79. The number of rotatable bonds is 5. The van der Waals surface area contributed by atoms with Gasteiger partial charge in [-0.3, -0.25) is 9.69 Å². The van der Waals surface area contributed by atoms with E-state index in [1.165, 1.54) is 63.6 Å². The summed E-state index contributed by atoms with van der Waals surface area (Å²) in [5.41, 5.74) is 12.1. The highest BCUT2D eigenvalue weighted by Crippen LogP contribution is 2.37. The Morgan fingerprint density at radius 3 is 2.42 bits per heavy atom. The van der Waals surface area contributed by atoms with E-state index in [0.29, 0.717) is 11.3 Å². The summed E-state index contributed by atoms with van der Waals surface area (Å²) in [6.07, 6.45) is 10.0. The average Bonchev–Trinajstić information content (AvgIpc) is 3.16. The number of carbonyl (C=O) groups excluding carboxylic acids is 1. The number of nitrogen functional groups attached to an aromatic ring is 1. The predicted molar refractivity (Wildman–Crippen MR) is 137 cm³/mol. The molecule has 2 aromatic carbocycles. The van der Waals surface area contributed by atoms with Gasteiger partial charge in [0.2, 0.25) is 0 Å². The molecule has 33 heavy (non-hydrogen) atoms. The number of piperidine rings is 1. The van der Waals surface area contributed by atoms with Gasteiger partial charge < -0.3 is 16.4 Å². The first-order valence-electron chi connectivity index (χ1n) is 12.6. The van der Waals surface area contributed by atoms with Gasteiger partial charge in [-0.15, -0.1) is 0 Å². The minimum atomic E-state index is -0.0890. The number of anilines is 3. The number of likely N-dealkylation sites (tertiary alicyclic amines) is 1. The third-order valence-corrected chi connectivity index (χ3v) is 7.80. The summed E-state index contributed by atoms with van der Waals surface area (Å²) in [5, 5.41) is 6.33. The van der Waals surface area contributed by atoms with Gasteiger partial charge in [-0.2, -0.15) is 0 Å². The van der Waals surface area contributed by atoms with Crippen LogP contribution in [0.25, 0.3) is 5.57 Å². The molecule has 174 valence electrons. The van der Waals surface area contributed by atoms with Crippen LogP contribution in [-0.2, 0) is 11.3 Å². The molecule has 1 saturated carbocycles. The van der Waals surface area contributed by atoms with Crippen LogP contribution in [-0.4, -0.2) is 23.9 Å². The lowest BCUT2D eigenvalue weighted by molar-refractivity contribution is -0.110. The quantitative estimate of drug-likeness (QED) is 0.399. The summed E-state index contributed by atoms with van der Waals surface area (Å²) in [6, 6.07) is 14.1. The Labute approximate surface area is 197 Å². The van der Waals surface area contributed by atoms with Gasteiger partial charge in [0.1, 0.15) is 0 Å². The van der Waals surface area contributed by atoms with Crippen LogP contribution in [0.3, 0.4) is 0 Å². The molecule has 4 N–H and O–H groups in total. The molecule has 0 spiro atoms. The van der Waals surface area contributed by atoms with Crippen molar-refractivity contribution in [2.75, 3.05) is 29.5 Å². The van der Waals surface area contributed by atoms with E-state index in [1.807, 2.05) is 25.1 Å². The van der Waals surface area contributed by atoms with Crippen molar-refractivity contribution in [1.82, 2.24) is 4.90 Å². The van der Waals surface area contributed by atoms with Crippen LogP contribution in [0.4, 0.5) is 17.1 Å². The summed E-state index contributed by atoms with van der Waals surface area (Å²) in [5.74, 6) is 1.86.